The number of hydrogen-bond donors (Lipinski definition) is 2. The van der Waals surface area contributed by atoms with E-state index < -0.39 is 0 Å². The Morgan fingerprint density at radius 3 is 2.30 bits per heavy atom. The van der Waals surface area contributed by atoms with E-state index in [2.05, 4.69) is 55.7 Å². The summed E-state index contributed by atoms with van der Waals surface area (Å²) < 4.78 is 12.9. The van der Waals surface area contributed by atoms with Crippen LogP contribution in [0.15, 0.2) is 54.6 Å². The highest BCUT2D eigenvalue weighted by Gasteiger charge is 2.23. The first-order chi connectivity index (χ1) is 10.9. The molecule has 122 valence electrons. The molecule has 0 heterocycles. The first-order valence-electron chi connectivity index (χ1n) is 7.75. The van der Waals surface area contributed by atoms with Crippen molar-refractivity contribution >= 4 is 23.0 Å². The first kappa shape index (κ1) is 17.4. The normalized spacial score (nSPS) is 12.5. The summed E-state index contributed by atoms with van der Waals surface area (Å²) in [6.07, 6.45) is 0.947. The standard InChI is InChI=1S/C19H23FN2S/c1-14(13-19(2,3)15-7-5-4-6-8-15)21-18(23)22-17-11-9-16(20)10-12-17/h4-12,14H,13H2,1-3H3,(H2,21,22,23)/t14-/m1/s1. The van der Waals surface area contributed by atoms with E-state index in [0.29, 0.717) is 5.11 Å². The molecule has 0 aliphatic carbocycles. The van der Waals surface area contributed by atoms with Crippen molar-refractivity contribution in [2.24, 2.45) is 0 Å². The molecular formula is C19H23FN2S. The van der Waals surface area contributed by atoms with Crippen molar-refractivity contribution in [1.29, 1.82) is 0 Å². The highest BCUT2D eigenvalue weighted by atomic mass is 32.1. The van der Waals surface area contributed by atoms with E-state index >= 15 is 0 Å². The van der Waals surface area contributed by atoms with E-state index in [1.807, 2.05) is 6.07 Å². The van der Waals surface area contributed by atoms with Crippen LogP contribution in [0.3, 0.4) is 0 Å². The van der Waals surface area contributed by atoms with Gasteiger partial charge in [0.05, 0.1) is 0 Å². The van der Waals surface area contributed by atoms with Crippen molar-refractivity contribution in [2.45, 2.75) is 38.6 Å². The lowest BCUT2D eigenvalue weighted by molar-refractivity contribution is 0.420. The van der Waals surface area contributed by atoms with Crippen molar-refractivity contribution in [2.75, 3.05) is 5.32 Å². The molecule has 0 spiro atoms. The largest absolute Gasteiger partial charge is 0.360 e. The van der Waals surface area contributed by atoms with E-state index in [9.17, 15) is 4.39 Å². The minimum atomic E-state index is -0.257. The monoisotopic (exact) mass is 330 g/mol. The molecule has 2 N–H and O–H groups in total. The Kier molecular flexibility index (Phi) is 5.72. The lowest BCUT2D eigenvalue weighted by Crippen LogP contribution is -2.39. The molecule has 0 unspecified atom stereocenters. The molecule has 0 aromatic heterocycles. The number of benzene rings is 2. The summed E-state index contributed by atoms with van der Waals surface area (Å²) in [5.74, 6) is -0.257. The zero-order valence-corrected chi connectivity index (χ0v) is 14.6. The third-order valence-corrected chi connectivity index (χ3v) is 4.07. The van der Waals surface area contributed by atoms with Gasteiger partial charge in [0.15, 0.2) is 5.11 Å². The second-order valence-corrected chi connectivity index (χ2v) is 6.87. The highest BCUT2D eigenvalue weighted by molar-refractivity contribution is 7.80. The van der Waals surface area contributed by atoms with Crippen LogP contribution in [0.5, 0.6) is 0 Å². The maximum absolute atomic E-state index is 12.9. The number of nitrogens with one attached hydrogen (secondary N) is 2. The van der Waals surface area contributed by atoms with Crippen LogP contribution in [0.1, 0.15) is 32.8 Å². The number of thiocarbonyl (C=S) groups is 1. The molecule has 2 rings (SSSR count). The fourth-order valence-electron chi connectivity index (χ4n) is 2.75. The lowest BCUT2D eigenvalue weighted by Gasteiger charge is -2.29. The summed E-state index contributed by atoms with van der Waals surface area (Å²) in [6, 6.07) is 16.8. The fraction of sp³-hybridized carbons (Fsp3) is 0.316. The fourth-order valence-corrected chi connectivity index (χ4v) is 3.07. The van der Waals surface area contributed by atoms with E-state index in [-0.39, 0.29) is 17.3 Å². The summed E-state index contributed by atoms with van der Waals surface area (Å²) in [5, 5.41) is 6.92. The highest BCUT2D eigenvalue weighted by Crippen LogP contribution is 2.28. The average Bonchev–Trinajstić information content (AvgIpc) is 2.49. The maximum atomic E-state index is 12.9. The predicted molar refractivity (Wildman–Crippen MR) is 99.3 cm³/mol. The molecule has 0 amide bonds. The molecule has 2 aromatic carbocycles. The van der Waals surface area contributed by atoms with Crippen molar-refractivity contribution in [3.05, 3.63) is 66.0 Å². The molecule has 4 heteroatoms. The van der Waals surface area contributed by atoms with Gasteiger partial charge >= 0.3 is 0 Å². The van der Waals surface area contributed by atoms with Crippen LogP contribution in [-0.2, 0) is 5.41 Å². The molecule has 0 saturated carbocycles. The Bertz CT molecular complexity index is 638. The summed E-state index contributed by atoms with van der Waals surface area (Å²) in [7, 11) is 0. The maximum Gasteiger partial charge on any atom is 0.170 e. The van der Waals surface area contributed by atoms with Crippen LogP contribution in [0.25, 0.3) is 0 Å². The Balaban J connectivity index is 1.89. The topological polar surface area (TPSA) is 24.1 Å². The van der Waals surface area contributed by atoms with Gasteiger partial charge in [0.2, 0.25) is 0 Å². The Morgan fingerprint density at radius 1 is 1.09 bits per heavy atom. The van der Waals surface area contributed by atoms with Crippen molar-refractivity contribution in [3.63, 3.8) is 0 Å². The second kappa shape index (κ2) is 7.55. The number of rotatable bonds is 5. The molecule has 2 aromatic rings. The predicted octanol–water partition coefficient (Wildman–Crippen LogP) is 4.87. The molecular weight excluding hydrogens is 307 g/mol. The zero-order chi connectivity index (χ0) is 16.9. The molecule has 0 aliphatic rings. The van der Waals surface area contributed by atoms with Gasteiger partial charge in [0, 0.05) is 11.7 Å². The van der Waals surface area contributed by atoms with E-state index in [1.54, 1.807) is 12.1 Å². The number of halogens is 1. The second-order valence-electron chi connectivity index (χ2n) is 6.46. The molecule has 0 radical (unpaired) electrons. The van der Waals surface area contributed by atoms with Crippen molar-refractivity contribution in [3.8, 4) is 0 Å². The average molecular weight is 330 g/mol. The molecule has 0 fully saturated rings. The smallest absolute Gasteiger partial charge is 0.170 e. The van der Waals surface area contributed by atoms with Crippen LogP contribution in [0.2, 0.25) is 0 Å². The third kappa shape index (κ3) is 5.32. The molecule has 0 bridgehead atoms. The Labute approximate surface area is 143 Å². The van der Waals surface area contributed by atoms with Gasteiger partial charge in [-0.15, -0.1) is 0 Å². The van der Waals surface area contributed by atoms with Gasteiger partial charge in [-0.25, -0.2) is 4.39 Å². The molecule has 2 nitrogen and oxygen atoms in total. The van der Waals surface area contributed by atoms with Crippen LogP contribution in [0, 0.1) is 5.82 Å². The van der Waals surface area contributed by atoms with Gasteiger partial charge in [-0.3, -0.25) is 0 Å². The molecule has 0 saturated heterocycles. The van der Waals surface area contributed by atoms with Crippen molar-refractivity contribution in [1.82, 2.24) is 5.32 Å². The van der Waals surface area contributed by atoms with Gasteiger partial charge in [0.25, 0.3) is 0 Å². The van der Waals surface area contributed by atoms with Gasteiger partial charge in [-0.1, -0.05) is 44.2 Å². The minimum absolute atomic E-state index is 0.0547. The summed E-state index contributed by atoms with van der Waals surface area (Å²) in [4.78, 5) is 0. The van der Waals surface area contributed by atoms with E-state index in [1.165, 1.54) is 17.7 Å². The van der Waals surface area contributed by atoms with Crippen LogP contribution < -0.4 is 10.6 Å². The summed E-state index contributed by atoms with van der Waals surface area (Å²) in [6.45, 7) is 6.58. The van der Waals surface area contributed by atoms with E-state index in [0.717, 1.165) is 12.1 Å². The summed E-state index contributed by atoms with van der Waals surface area (Å²) >= 11 is 5.34. The first-order valence-corrected chi connectivity index (χ1v) is 8.16. The minimum Gasteiger partial charge on any atom is -0.360 e. The lowest BCUT2D eigenvalue weighted by atomic mass is 9.79. The quantitative estimate of drug-likeness (QED) is 0.765. The van der Waals surface area contributed by atoms with Crippen LogP contribution in [-0.4, -0.2) is 11.2 Å². The molecule has 0 aliphatic heterocycles. The van der Waals surface area contributed by atoms with Gasteiger partial charge in [-0.2, -0.15) is 0 Å². The SMILES string of the molecule is C[C@H](CC(C)(C)c1ccccc1)NC(=S)Nc1ccc(F)cc1. The van der Waals surface area contributed by atoms with Crippen LogP contribution >= 0.6 is 12.2 Å². The third-order valence-electron chi connectivity index (χ3n) is 3.85. The Morgan fingerprint density at radius 2 is 1.70 bits per heavy atom. The number of hydrogen-bond acceptors (Lipinski definition) is 1. The Hall–Kier alpha value is -1.94. The summed E-state index contributed by atoms with van der Waals surface area (Å²) in [5.41, 5.74) is 2.14. The zero-order valence-electron chi connectivity index (χ0n) is 13.8. The molecule has 1 atom stereocenters. The van der Waals surface area contributed by atoms with E-state index in [4.69, 9.17) is 12.2 Å². The molecule has 23 heavy (non-hydrogen) atoms. The van der Waals surface area contributed by atoms with Crippen LogP contribution in [0.4, 0.5) is 10.1 Å². The number of anilines is 1. The van der Waals surface area contributed by atoms with Gasteiger partial charge in [-0.05, 0) is 60.8 Å². The van der Waals surface area contributed by atoms with Gasteiger partial charge < -0.3 is 10.6 Å². The van der Waals surface area contributed by atoms with Crippen molar-refractivity contribution < 1.29 is 4.39 Å². The van der Waals surface area contributed by atoms with Gasteiger partial charge in [0.1, 0.15) is 5.82 Å².